The monoisotopic (exact) mass is 406 g/mol. The average Bonchev–Trinajstić information content (AvgIpc) is 3.09. The summed E-state index contributed by atoms with van der Waals surface area (Å²) >= 11 is 0. The lowest BCUT2D eigenvalue weighted by Gasteiger charge is -2.34. The van der Waals surface area contributed by atoms with Crippen LogP contribution in [0, 0.1) is 5.92 Å². The van der Waals surface area contributed by atoms with Crippen molar-refractivity contribution in [2.45, 2.75) is 32.5 Å². The zero-order valence-corrected chi connectivity index (χ0v) is 16.1. The van der Waals surface area contributed by atoms with E-state index in [0.717, 1.165) is 10.9 Å². The van der Waals surface area contributed by atoms with Crippen molar-refractivity contribution >= 4 is 22.8 Å². The highest BCUT2D eigenvalue weighted by atomic mass is 19.4. The van der Waals surface area contributed by atoms with Crippen LogP contribution in [-0.2, 0) is 4.79 Å². The molecule has 3 heterocycles. The minimum absolute atomic E-state index is 0.313. The van der Waals surface area contributed by atoms with Crippen molar-refractivity contribution in [2.24, 2.45) is 5.92 Å². The van der Waals surface area contributed by atoms with Gasteiger partial charge in [0.25, 0.3) is 0 Å². The maximum atomic E-state index is 12.5. The zero-order valence-electron chi connectivity index (χ0n) is 16.1. The smallest absolute Gasteiger partial charge is 0.356 e. The zero-order chi connectivity index (χ0) is 21.2. The maximum absolute atomic E-state index is 12.5. The molecule has 0 aromatic carbocycles. The Balaban J connectivity index is 1.88. The van der Waals surface area contributed by atoms with Gasteiger partial charge in [-0.3, -0.25) is 4.79 Å². The Labute approximate surface area is 165 Å². The van der Waals surface area contributed by atoms with Gasteiger partial charge in [-0.2, -0.15) is 13.2 Å². The van der Waals surface area contributed by atoms with E-state index in [2.05, 4.69) is 25.3 Å². The number of rotatable bonds is 6. The number of hydrogen-bond acceptors (Lipinski definition) is 5. The first-order chi connectivity index (χ1) is 13.6. The van der Waals surface area contributed by atoms with E-state index in [4.69, 9.17) is 0 Å². The number of pyridine rings is 1. The van der Waals surface area contributed by atoms with E-state index in [0.29, 0.717) is 17.3 Å². The first kappa shape index (κ1) is 20.6. The highest BCUT2D eigenvalue weighted by molar-refractivity contribution is 5.92. The Kier molecular flexibility index (Phi) is 5.45. The van der Waals surface area contributed by atoms with E-state index >= 15 is 0 Å². The third-order valence-electron chi connectivity index (χ3n) is 4.81. The van der Waals surface area contributed by atoms with Crippen LogP contribution in [0.25, 0.3) is 22.4 Å². The molecule has 0 radical (unpaired) electrons. The quantitative estimate of drug-likeness (QED) is 0.582. The third kappa shape index (κ3) is 4.47. The highest BCUT2D eigenvalue weighted by Crippen LogP contribution is 2.27. The number of amides is 1. The van der Waals surface area contributed by atoms with Gasteiger partial charge in [-0.15, -0.1) is 0 Å². The van der Waals surface area contributed by atoms with Crippen LogP contribution in [0.3, 0.4) is 0 Å². The summed E-state index contributed by atoms with van der Waals surface area (Å²) in [6.45, 7) is 3.63. The van der Waals surface area contributed by atoms with Gasteiger partial charge in [0.1, 0.15) is 23.5 Å². The molecular formula is C19H21F3N6O. The second-order valence-electron chi connectivity index (χ2n) is 7.15. The predicted octanol–water partition coefficient (Wildman–Crippen LogP) is 3.53. The lowest BCUT2D eigenvalue weighted by molar-refractivity contribution is -0.141. The molecule has 0 aliphatic heterocycles. The lowest BCUT2D eigenvalue weighted by Crippen LogP contribution is -2.55. The van der Waals surface area contributed by atoms with Gasteiger partial charge in [0.15, 0.2) is 5.82 Å². The number of anilines is 1. The summed E-state index contributed by atoms with van der Waals surface area (Å²) in [6.07, 6.45) is 0.427. The third-order valence-corrected chi connectivity index (χ3v) is 4.81. The Bertz CT molecular complexity index is 1020. The van der Waals surface area contributed by atoms with E-state index in [-0.39, 0.29) is 5.92 Å². The van der Waals surface area contributed by atoms with Crippen LogP contribution in [0.2, 0.25) is 0 Å². The predicted molar refractivity (Wildman–Crippen MR) is 103 cm³/mol. The molecule has 0 spiro atoms. The molecule has 0 unspecified atom stereocenters. The van der Waals surface area contributed by atoms with Gasteiger partial charge in [-0.25, -0.2) is 15.0 Å². The largest absolute Gasteiger partial charge is 0.405 e. The maximum Gasteiger partial charge on any atom is 0.405 e. The van der Waals surface area contributed by atoms with Crippen molar-refractivity contribution in [1.82, 2.24) is 25.3 Å². The molecular weight excluding hydrogens is 385 g/mol. The molecule has 1 atom stereocenters. The molecule has 3 aromatic rings. The van der Waals surface area contributed by atoms with Crippen LogP contribution >= 0.6 is 0 Å². The summed E-state index contributed by atoms with van der Waals surface area (Å²) in [5.74, 6) is -0.352. The number of nitrogens with zero attached hydrogens (tertiary/aromatic N) is 3. The first-order valence-corrected chi connectivity index (χ1v) is 8.99. The molecule has 0 aliphatic carbocycles. The van der Waals surface area contributed by atoms with Crippen LogP contribution < -0.4 is 10.6 Å². The Morgan fingerprint density at radius 2 is 1.97 bits per heavy atom. The number of fused-ring (bicyclic) bond motifs is 1. The number of alkyl halides is 3. The number of carbonyl (C=O) groups excluding carboxylic acids is 1. The second kappa shape index (κ2) is 7.69. The molecule has 3 aromatic heterocycles. The fraction of sp³-hybridized carbons (Fsp3) is 0.368. The van der Waals surface area contributed by atoms with Gasteiger partial charge in [-0.1, -0.05) is 13.8 Å². The summed E-state index contributed by atoms with van der Waals surface area (Å²) in [5, 5.41) is 5.77. The van der Waals surface area contributed by atoms with Gasteiger partial charge >= 0.3 is 6.18 Å². The van der Waals surface area contributed by atoms with Gasteiger partial charge < -0.3 is 15.6 Å². The molecule has 0 fully saturated rings. The Morgan fingerprint density at radius 1 is 1.21 bits per heavy atom. The van der Waals surface area contributed by atoms with Gasteiger partial charge in [0, 0.05) is 29.5 Å². The normalized spacial score (nSPS) is 14.0. The minimum Gasteiger partial charge on any atom is -0.356 e. The summed E-state index contributed by atoms with van der Waals surface area (Å²) < 4.78 is 37.5. The van der Waals surface area contributed by atoms with E-state index < -0.39 is 24.2 Å². The number of carbonyl (C=O) groups is 1. The number of halogens is 3. The fourth-order valence-corrected chi connectivity index (χ4v) is 2.79. The molecule has 7 nitrogen and oxygen atoms in total. The summed E-state index contributed by atoms with van der Waals surface area (Å²) in [7, 11) is 0. The molecule has 1 amide bonds. The Morgan fingerprint density at radius 3 is 2.66 bits per heavy atom. The van der Waals surface area contributed by atoms with Gasteiger partial charge in [0.05, 0.1) is 0 Å². The SMILES string of the molecule is CC(C)[C@@](C)(Nc1ccnc(-c2c[nH]c3ncccc23)n1)C(=O)NCC(F)(F)F. The van der Waals surface area contributed by atoms with Crippen LogP contribution in [0.4, 0.5) is 19.0 Å². The first-order valence-electron chi connectivity index (χ1n) is 8.99. The molecule has 10 heteroatoms. The minimum atomic E-state index is -4.49. The molecule has 3 rings (SSSR count). The van der Waals surface area contributed by atoms with Crippen LogP contribution in [-0.4, -0.2) is 44.1 Å². The van der Waals surface area contributed by atoms with E-state index in [1.54, 1.807) is 45.3 Å². The molecule has 0 bridgehead atoms. The number of aromatic nitrogens is 4. The van der Waals surface area contributed by atoms with Crippen molar-refractivity contribution in [3.8, 4) is 11.4 Å². The summed E-state index contributed by atoms with van der Waals surface area (Å²) in [6, 6.07) is 5.23. The highest BCUT2D eigenvalue weighted by Gasteiger charge is 2.39. The standard InChI is InChI=1S/C19H21F3N6O/c1-11(2)18(3,17(29)26-10-19(20,21)22)28-14-6-8-24-16(27-14)13-9-25-15-12(13)5-4-7-23-15/h4-9,11H,10H2,1-3H3,(H,23,25)(H,26,29)(H,24,27,28)/t18-/m1/s1. The molecule has 3 N–H and O–H groups in total. The van der Waals surface area contributed by atoms with Crippen molar-refractivity contribution in [3.05, 3.63) is 36.8 Å². The van der Waals surface area contributed by atoms with Gasteiger partial charge in [-0.05, 0) is 31.0 Å². The van der Waals surface area contributed by atoms with E-state index in [1.807, 2.05) is 11.4 Å². The number of H-pyrrole nitrogens is 1. The van der Waals surface area contributed by atoms with Crippen molar-refractivity contribution in [3.63, 3.8) is 0 Å². The number of hydrogen-bond donors (Lipinski definition) is 3. The van der Waals surface area contributed by atoms with E-state index in [1.165, 1.54) is 6.20 Å². The van der Waals surface area contributed by atoms with Crippen molar-refractivity contribution < 1.29 is 18.0 Å². The number of aromatic amines is 1. The average molecular weight is 406 g/mol. The Hall–Kier alpha value is -3.17. The molecule has 0 saturated carbocycles. The van der Waals surface area contributed by atoms with Crippen molar-refractivity contribution in [2.75, 3.05) is 11.9 Å². The summed E-state index contributed by atoms with van der Waals surface area (Å²) in [4.78, 5) is 28.5. The van der Waals surface area contributed by atoms with Crippen LogP contribution in [0.1, 0.15) is 20.8 Å². The topological polar surface area (TPSA) is 95.6 Å². The van der Waals surface area contributed by atoms with Crippen molar-refractivity contribution in [1.29, 1.82) is 0 Å². The molecule has 0 saturated heterocycles. The second-order valence-corrected chi connectivity index (χ2v) is 7.15. The summed E-state index contributed by atoms with van der Waals surface area (Å²) in [5.41, 5.74) is 0.103. The van der Waals surface area contributed by atoms with Gasteiger partial charge in [0.2, 0.25) is 5.91 Å². The van der Waals surface area contributed by atoms with E-state index in [9.17, 15) is 18.0 Å². The fourth-order valence-electron chi connectivity index (χ4n) is 2.79. The number of nitrogens with one attached hydrogen (secondary N) is 3. The molecule has 0 aliphatic rings. The molecule has 154 valence electrons. The van der Waals surface area contributed by atoms with Crippen LogP contribution in [0.5, 0.6) is 0 Å². The lowest BCUT2D eigenvalue weighted by atomic mass is 9.87. The van der Waals surface area contributed by atoms with Crippen LogP contribution in [0.15, 0.2) is 36.8 Å². The molecule has 29 heavy (non-hydrogen) atoms.